The quantitative estimate of drug-likeness (QED) is 0.611. The summed E-state index contributed by atoms with van der Waals surface area (Å²) in [5.41, 5.74) is 0. The molecule has 1 aromatic rings. The van der Waals surface area contributed by atoms with Gasteiger partial charge in [-0.3, -0.25) is 10.1 Å². The van der Waals surface area contributed by atoms with Gasteiger partial charge in [-0.05, 0) is 6.26 Å². The molecule has 0 aliphatic heterocycles. The van der Waals surface area contributed by atoms with Crippen molar-refractivity contribution in [3.63, 3.8) is 0 Å². The van der Waals surface area contributed by atoms with Crippen molar-refractivity contribution >= 4 is 44.2 Å². The predicted octanol–water partition coefficient (Wildman–Crippen LogP) is 0.0899. The van der Waals surface area contributed by atoms with Crippen molar-refractivity contribution in [2.75, 3.05) is 31.4 Å². The number of hydrogen-bond acceptors (Lipinski definition) is 7. The predicted molar refractivity (Wildman–Crippen MR) is 67.8 cm³/mol. The molecule has 0 saturated carbocycles. The number of thioether (sulfide) groups is 1. The Kier molecular flexibility index (Phi) is 4.86. The number of amides is 1. The third kappa shape index (κ3) is 4.58. The average molecular weight is 296 g/mol. The molecule has 0 atom stereocenters. The van der Waals surface area contributed by atoms with E-state index in [1.807, 2.05) is 6.26 Å². The molecule has 1 amide bonds. The van der Waals surface area contributed by atoms with E-state index >= 15 is 0 Å². The van der Waals surface area contributed by atoms with Gasteiger partial charge in [0.2, 0.25) is 21.1 Å². The van der Waals surface area contributed by atoms with Gasteiger partial charge in [0.15, 0.2) is 4.34 Å². The number of nitrogens with zero attached hydrogens (tertiary/aromatic N) is 3. The van der Waals surface area contributed by atoms with E-state index in [4.69, 9.17) is 0 Å². The highest BCUT2D eigenvalue weighted by Gasteiger charge is 2.16. The molecule has 0 fully saturated rings. The van der Waals surface area contributed by atoms with Crippen LogP contribution in [0, 0.1) is 0 Å². The molecule has 1 rings (SSSR count). The zero-order valence-corrected chi connectivity index (χ0v) is 11.9. The molecule has 0 aliphatic rings. The lowest BCUT2D eigenvalue weighted by Gasteiger charge is -2.12. The van der Waals surface area contributed by atoms with E-state index in [1.54, 1.807) is 0 Å². The minimum Gasteiger partial charge on any atom is -0.299 e. The fraction of sp³-hybridized carbons (Fsp3) is 0.571. The smallest absolute Gasteiger partial charge is 0.241 e. The third-order valence-corrected chi connectivity index (χ3v) is 4.84. The number of sulfonamides is 1. The van der Waals surface area contributed by atoms with Gasteiger partial charge in [0.25, 0.3) is 0 Å². The Bertz CT molecular complexity index is 498. The van der Waals surface area contributed by atoms with E-state index in [1.165, 1.54) is 30.1 Å². The molecule has 0 aliphatic carbocycles. The Morgan fingerprint density at radius 2 is 2.18 bits per heavy atom. The van der Waals surface area contributed by atoms with Gasteiger partial charge < -0.3 is 0 Å². The number of anilines is 1. The minimum atomic E-state index is -3.35. The molecule has 1 aromatic heterocycles. The van der Waals surface area contributed by atoms with Crippen LogP contribution in [-0.2, 0) is 14.8 Å². The molecular weight excluding hydrogens is 284 g/mol. The molecule has 0 radical (unpaired) electrons. The molecular formula is C7H12N4O3S3. The summed E-state index contributed by atoms with van der Waals surface area (Å²) < 4.78 is 23.9. The summed E-state index contributed by atoms with van der Waals surface area (Å²) in [7, 11) is -2.02. The summed E-state index contributed by atoms with van der Waals surface area (Å²) >= 11 is 2.66. The fourth-order valence-corrected chi connectivity index (χ4v) is 2.36. The van der Waals surface area contributed by atoms with Gasteiger partial charge in [0.05, 0.1) is 12.8 Å². The van der Waals surface area contributed by atoms with Gasteiger partial charge in [-0.25, -0.2) is 8.42 Å². The molecule has 0 aromatic carbocycles. The van der Waals surface area contributed by atoms with E-state index < -0.39 is 15.9 Å². The van der Waals surface area contributed by atoms with Crippen molar-refractivity contribution in [1.29, 1.82) is 0 Å². The lowest BCUT2D eigenvalue weighted by atomic mass is 10.6. The highest BCUT2D eigenvalue weighted by Crippen LogP contribution is 2.22. The standard InChI is InChI=1S/C7H12N4O3S3/c1-11(17(3,13)14)4-5(12)8-6-9-10-7(15-2)16-6/h4H2,1-3H3,(H,8,9,12). The second-order valence-electron chi connectivity index (χ2n) is 3.14. The van der Waals surface area contributed by atoms with Crippen LogP contribution in [-0.4, -0.2) is 54.9 Å². The normalized spacial score (nSPS) is 11.8. The van der Waals surface area contributed by atoms with Crippen LogP contribution in [0.1, 0.15) is 0 Å². The topological polar surface area (TPSA) is 92.3 Å². The van der Waals surface area contributed by atoms with E-state index in [0.29, 0.717) is 5.13 Å². The van der Waals surface area contributed by atoms with Crippen molar-refractivity contribution in [2.24, 2.45) is 0 Å². The number of hydrogen-bond donors (Lipinski definition) is 1. The first kappa shape index (κ1) is 14.4. The molecule has 0 spiro atoms. The number of nitrogens with one attached hydrogen (secondary N) is 1. The largest absolute Gasteiger partial charge is 0.299 e. The first-order valence-corrected chi connectivity index (χ1v) is 8.30. The van der Waals surface area contributed by atoms with Gasteiger partial charge in [-0.1, -0.05) is 23.1 Å². The van der Waals surface area contributed by atoms with Crippen LogP contribution in [0.15, 0.2) is 4.34 Å². The average Bonchev–Trinajstić information content (AvgIpc) is 2.63. The van der Waals surface area contributed by atoms with Gasteiger partial charge in [0.1, 0.15) is 0 Å². The SMILES string of the molecule is CSc1nnc(NC(=O)CN(C)S(C)(=O)=O)s1. The highest BCUT2D eigenvalue weighted by atomic mass is 32.2. The number of likely N-dealkylation sites (N-methyl/N-ethyl adjacent to an activating group) is 1. The second-order valence-corrected chi connectivity index (χ2v) is 7.26. The van der Waals surface area contributed by atoms with Crippen molar-refractivity contribution < 1.29 is 13.2 Å². The lowest BCUT2D eigenvalue weighted by molar-refractivity contribution is -0.116. The van der Waals surface area contributed by atoms with Crippen LogP contribution in [0.5, 0.6) is 0 Å². The summed E-state index contributed by atoms with van der Waals surface area (Å²) in [6, 6.07) is 0. The molecule has 17 heavy (non-hydrogen) atoms. The first-order valence-electron chi connectivity index (χ1n) is 4.41. The summed E-state index contributed by atoms with van der Waals surface area (Å²) in [6.45, 7) is -0.243. The maximum atomic E-state index is 11.5. The zero-order valence-electron chi connectivity index (χ0n) is 9.50. The number of carbonyl (C=O) groups excluding carboxylic acids is 1. The molecule has 10 heteroatoms. The first-order chi connectivity index (χ1) is 7.82. The van der Waals surface area contributed by atoms with E-state index in [0.717, 1.165) is 14.9 Å². The van der Waals surface area contributed by atoms with E-state index in [9.17, 15) is 13.2 Å². The van der Waals surface area contributed by atoms with Crippen LogP contribution in [0.25, 0.3) is 0 Å². The summed E-state index contributed by atoms with van der Waals surface area (Å²) in [4.78, 5) is 11.5. The van der Waals surface area contributed by atoms with Crippen molar-refractivity contribution in [3.05, 3.63) is 0 Å². The Hall–Kier alpha value is -0.710. The molecule has 0 unspecified atom stereocenters. The van der Waals surface area contributed by atoms with Crippen LogP contribution in [0.4, 0.5) is 5.13 Å². The maximum absolute atomic E-state index is 11.5. The zero-order chi connectivity index (χ0) is 13.1. The summed E-state index contributed by atoms with van der Waals surface area (Å²) in [5.74, 6) is -0.443. The Morgan fingerprint density at radius 3 is 2.65 bits per heavy atom. The maximum Gasteiger partial charge on any atom is 0.241 e. The van der Waals surface area contributed by atoms with Gasteiger partial charge in [-0.2, -0.15) is 4.31 Å². The number of rotatable bonds is 5. The summed E-state index contributed by atoms with van der Waals surface area (Å²) in [5, 5.41) is 10.4. The highest BCUT2D eigenvalue weighted by molar-refractivity contribution is 8.00. The van der Waals surface area contributed by atoms with Crippen LogP contribution >= 0.6 is 23.1 Å². The molecule has 0 bridgehead atoms. The van der Waals surface area contributed by atoms with Crippen LogP contribution < -0.4 is 5.32 Å². The molecule has 96 valence electrons. The Balaban J connectivity index is 2.56. The van der Waals surface area contributed by atoms with Gasteiger partial charge >= 0.3 is 0 Å². The van der Waals surface area contributed by atoms with Crippen LogP contribution in [0.3, 0.4) is 0 Å². The molecule has 7 nitrogen and oxygen atoms in total. The van der Waals surface area contributed by atoms with Gasteiger partial charge in [0, 0.05) is 7.05 Å². The molecule has 1 N–H and O–H groups in total. The van der Waals surface area contributed by atoms with Crippen molar-refractivity contribution in [2.45, 2.75) is 4.34 Å². The lowest BCUT2D eigenvalue weighted by Crippen LogP contribution is -2.34. The number of carbonyl (C=O) groups is 1. The van der Waals surface area contributed by atoms with Crippen molar-refractivity contribution in [1.82, 2.24) is 14.5 Å². The minimum absolute atomic E-state index is 0.243. The van der Waals surface area contributed by atoms with Crippen LogP contribution in [0.2, 0.25) is 0 Å². The van der Waals surface area contributed by atoms with E-state index in [2.05, 4.69) is 15.5 Å². The third-order valence-electron chi connectivity index (χ3n) is 1.76. The monoisotopic (exact) mass is 296 g/mol. The Labute approximate surface area is 108 Å². The second kappa shape index (κ2) is 5.76. The summed E-state index contributed by atoms with van der Waals surface area (Å²) in [6.07, 6.45) is 2.89. The van der Waals surface area contributed by atoms with Crippen molar-refractivity contribution in [3.8, 4) is 0 Å². The Morgan fingerprint density at radius 1 is 1.53 bits per heavy atom. The fourth-order valence-electron chi connectivity index (χ4n) is 0.821. The van der Waals surface area contributed by atoms with E-state index in [-0.39, 0.29) is 6.54 Å². The molecule has 0 saturated heterocycles. The number of aromatic nitrogens is 2. The molecule has 1 heterocycles. The van der Waals surface area contributed by atoms with Gasteiger partial charge in [-0.15, -0.1) is 10.2 Å².